The number of benzene rings is 1. The molecule has 0 radical (unpaired) electrons. The van der Waals surface area contributed by atoms with Crippen molar-refractivity contribution in [2.45, 2.75) is 57.4 Å². The number of hydrogen-bond acceptors (Lipinski definition) is 2. The zero-order valence-electron chi connectivity index (χ0n) is 15.3. The Morgan fingerprint density at radius 2 is 2.20 bits per heavy atom. The molecule has 1 saturated carbocycles. The second-order valence-corrected chi connectivity index (χ2v) is 7.96. The van der Waals surface area contributed by atoms with Crippen molar-refractivity contribution >= 4 is 5.91 Å². The molecule has 0 bridgehead atoms. The Balaban J connectivity index is 1.47. The minimum Gasteiger partial charge on any atom is -0.349 e. The smallest absolute Gasteiger partial charge is 0.224 e. The first kappa shape index (κ1) is 16.4. The maximum atomic E-state index is 12.8. The third kappa shape index (κ3) is 3.22. The van der Waals surface area contributed by atoms with Crippen LogP contribution in [0, 0.1) is 5.92 Å². The summed E-state index contributed by atoms with van der Waals surface area (Å²) in [5.74, 6) is 1.19. The van der Waals surface area contributed by atoms with E-state index in [1.54, 1.807) is 0 Å². The normalized spacial score (nSPS) is 24.9. The summed E-state index contributed by atoms with van der Waals surface area (Å²) in [5.41, 5.74) is 5.29. The molecule has 132 valence electrons. The molecule has 2 aromatic rings. The predicted octanol–water partition coefficient (Wildman–Crippen LogP) is 3.84. The number of hydrogen-bond donors (Lipinski definition) is 1. The largest absolute Gasteiger partial charge is 0.349 e. The van der Waals surface area contributed by atoms with Crippen LogP contribution in [0.15, 0.2) is 30.6 Å². The molecule has 1 aromatic carbocycles. The molecule has 1 aromatic heterocycles. The highest BCUT2D eigenvalue weighted by molar-refractivity contribution is 5.83. The lowest BCUT2D eigenvalue weighted by molar-refractivity contribution is -0.123. The molecule has 1 N–H and O–H groups in total. The summed E-state index contributed by atoms with van der Waals surface area (Å²) in [4.78, 5) is 12.8. The van der Waals surface area contributed by atoms with Crippen LogP contribution in [-0.4, -0.2) is 15.7 Å². The number of carbonyl (C=O) groups is 1. The highest BCUT2D eigenvalue weighted by Gasteiger charge is 2.45. The van der Waals surface area contributed by atoms with Gasteiger partial charge in [-0.05, 0) is 59.8 Å². The van der Waals surface area contributed by atoms with E-state index in [4.69, 9.17) is 0 Å². The number of rotatable bonds is 4. The van der Waals surface area contributed by atoms with Gasteiger partial charge in [0.2, 0.25) is 5.91 Å². The average Bonchev–Trinajstić information content (AvgIpc) is 3.29. The molecule has 0 saturated heterocycles. The minimum absolute atomic E-state index is 0.114. The van der Waals surface area contributed by atoms with Gasteiger partial charge in [-0.3, -0.25) is 9.48 Å². The molecule has 1 amide bonds. The summed E-state index contributed by atoms with van der Waals surface area (Å²) in [6.45, 7) is 4.45. The lowest BCUT2D eigenvalue weighted by Gasteiger charge is -2.27. The molecule has 4 rings (SSSR count). The summed E-state index contributed by atoms with van der Waals surface area (Å²) < 4.78 is 1.81. The minimum atomic E-state index is 0.114. The second-order valence-electron chi connectivity index (χ2n) is 7.96. The quantitative estimate of drug-likeness (QED) is 0.921. The summed E-state index contributed by atoms with van der Waals surface area (Å²) >= 11 is 0. The monoisotopic (exact) mass is 337 g/mol. The summed E-state index contributed by atoms with van der Waals surface area (Å²) in [5, 5.41) is 7.57. The first-order valence-electron chi connectivity index (χ1n) is 9.44. The Hall–Kier alpha value is -2.10. The van der Waals surface area contributed by atoms with Gasteiger partial charge in [0.25, 0.3) is 0 Å². The zero-order valence-corrected chi connectivity index (χ0v) is 15.3. The molecular formula is C21H27N3O. The SMILES string of the molecule is CC(C)c1ccc2c(c1)[C@H](NC(=O)[C@@H]1C[C@H]1c1cnn(C)c1)CCC2. The number of aromatic nitrogens is 2. The van der Waals surface area contributed by atoms with Gasteiger partial charge in [0.15, 0.2) is 0 Å². The van der Waals surface area contributed by atoms with Gasteiger partial charge in [-0.15, -0.1) is 0 Å². The maximum absolute atomic E-state index is 12.8. The van der Waals surface area contributed by atoms with Gasteiger partial charge in [0.05, 0.1) is 12.2 Å². The Labute approximate surface area is 149 Å². The van der Waals surface area contributed by atoms with Gasteiger partial charge >= 0.3 is 0 Å². The zero-order chi connectivity index (χ0) is 17.6. The summed E-state index contributed by atoms with van der Waals surface area (Å²) in [6, 6.07) is 6.99. The van der Waals surface area contributed by atoms with E-state index >= 15 is 0 Å². The molecule has 4 heteroatoms. The topological polar surface area (TPSA) is 46.9 Å². The lowest BCUT2D eigenvalue weighted by atomic mass is 9.85. The van der Waals surface area contributed by atoms with Gasteiger partial charge in [-0.2, -0.15) is 5.10 Å². The molecule has 0 spiro atoms. The lowest BCUT2D eigenvalue weighted by Crippen LogP contribution is -2.32. The summed E-state index contributed by atoms with van der Waals surface area (Å²) in [7, 11) is 1.92. The Morgan fingerprint density at radius 1 is 1.36 bits per heavy atom. The number of carbonyl (C=O) groups excluding carboxylic acids is 1. The van der Waals surface area contributed by atoms with Crippen molar-refractivity contribution in [3.05, 3.63) is 52.8 Å². The van der Waals surface area contributed by atoms with Gasteiger partial charge in [0, 0.05) is 19.2 Å². The standard InChI is InChI=1S/C21H27N3O/c1-13(2)15-8-7-14-5-4-6-20(18(14)9-15)23-21(25)19-10-17(19)16-11-22-24(3)12-16/h7-9,11-13,17,19-20H,4-6,10H2,1-3H3,(H,23,25)/t17-,19+,20+/m0/s1. The number of fused-ring (bicyclic) bond motifs is 1. The average molecular weight is 337 g/mol. The van der Waals surface area contributed by atoms with E-state index in [9.17, 15) is 4.79 Å². The van der Waals surface area contributed by atoms with E-state index in [1.165, 1.54) is 22.3 Å². The van der Waals surface area contributed by atoms with Crippen LogP contribution in [0.5, 0.6) is 0 Å². The van der Waals surface area contributed by atoms with E-state index < -0.39 is 0 Å². The van der Waals surface area contributed by atoms with E-state index in [0.717, 1.165) is 25.7 Å². The molecule has 3 atom stereocenters. The molecule has 0 unspecified atom stereocenters. The van der Waals surface area contributed by atoms with Crippen LogP contribution in [0.4, 0.5) is 0 Å². The van der Waals surface area contributed by atoms with Gasteiger partial charge < -0.3 is 5.32 Å². The molecule has 4 nitrogen and oxygen atoms in total. The fraction of sp³-hybridized carbons (Fsp3) is 0.524. The van der Waals surface area contributed by atoms with Crippen LogP contribution >= 0.6 is 0 Å². The number of amides is 1. The number of nitrogens with zero attached hydrogens (tertiary/aromatic N) is 2. The van der Waals surface area contributed by atoms with Crippen molar-refractivity contribution in [3.63, 3.8) is 0 Å². The van der Waals surface area contributed by atoms with Crippen LogP contribution in [0.2, 0.25) is 0 Å². The molecule has 1 fully saturated rings. The Morgan fingerprint density at radius 3 is 2.92 bits per heavy atom. The van der Waals surface area contributed by atoms with Gasteiger partial charge in [0.1, 0.15) is 0 Å². The molecule has 0 aliphatic heterocycles. The first-order chi connectivity index (χ1) is 12.0. The van der Waals surface area contributed by atoms with Crippen LogP contribution in [0.25, 0.3) is 0 Å². The van der Waals surface area contributed by atoms with Crippen LogP contribution < -0.4 is 5.32 Å². The Kier molecular flexibility index (Phi) is 4.14. The molecular weight excluding hydrogens is 310 g/mol. The van der Waals surface area contributed by atoms with Crippen molar-refractivity contribution in [1.82, 2.24) is 15.1 Å². The third-order valence-electron chi connectivity index (χ3n) is 5.75. The number of nitrogens with one attached hydrogen (secondary N) is 1. The van der Waals surface area contributed by atoms with Crippen LogP contribution in [0.1, 0.15) is 73.2 Å². The Bertz CT molecular complexity index is 792. The molecule has 2 aliphatic rings. The first-order valence-corrected chi connectivity index (χ1v) is 9.44. The van der Waals surface area contributed by atoms with Crippen molar-refractivity contribution in [2.75, 3.05) is 0 Å². The van der Waals surface area contributed by atoms with Crippen LogP contribution in [0.3, 0.4) is 0 Å². The van der Waals surface area contributed by atoms with Gasteiger partial charge in [-0.1, -0.05) is 32.0 Å². The highest BCUT2D eigenvalue weighted by Crippen LogP contribution is 2.48. The van der Waals surface area contributed by atoms with E-state index in [1.807, 2.05) is 24.1 Å². The predicted molar refractivity (Wildman–Crippen MR) is 98.4 cm³/mol. The van der Waals surface area contributed by atoms with Gasteiger partial charge in [-0.25, -0.2) is 0 Å². The fourth-order valence-corrected chi connectivity index (χ4v) is 4.09. The van der Waals surface area contributed by atoms with Crippen molar-refractivity contribution in [2.24, 2.45) is 13.0 Å². The van der Waals surface area contributed by atoms with Crippen molar-refractivity contribution < 1.29 is 4.79 Å². The molecule has 1 heterocycles. The highest BCUT2D eigenvalue weighted by atomic mass is 16.2. The van der Waals surface area contributed by atoms with Crippen LogP contribution in [-0.2, 0) is 18.3 Å². The molecule has 2 aliphatic carbocycles. The summed E-state index contributed by atoms with van der Waals surface area (Å²) in [6.07, 6.45) is 8.19. The number of aryl methyl sites for hydroxylation is 2. The fourth-order valence-electron chi connectivity index (χ4n) is 4.09. The third-order valence-corrected chi connectivity index (χ3v) is 5.75. The van der Waals surface area contributed by atoms with Crippen molar-refractivity contribution in [3.8, 4) is 0 Å². The van der Waals surface area contributed by atoms with Crippen molar-refractivity contribution in [1.29, 1.82) is 0 Å². The van der Waals surface area contributed by atoms with E-state index in [-0.39, 0.29) is 17.9 Å². The van der Waals surface area contributed by atoms with E-state index in [2.05, 4.69) is 42.5 Å². The van der Waals surface area contributed by atoms with E-state index in [0.29, 0.717) is 11.8 Å². The maximum Gasteiger partial charge on any atom is 0.224 e. The molecule has 25 heavy (non-hydrogen) atoms. The second kappa shape index (κ2) is 6.32.